The van der Waals surface area contributed by atoms with Crippen molar-refractivity contribution in [3.8, 4) is 11.8 Å². The maximum absolute atomic E-state index is 11.5. The number of ether oxygens (including phenoxy) is 1. The summed E-state index contributed by atoms with van der Waals surface area (Å²) in [5.41, 5.74) is 1.95. The lowest BCUT2D eigenvalue weighted by Crippen LogP contribution is -2.24. The van der Waals surface area contributed by atoms with Crippen molar-refractivity contribution in [3.05, 3.63) is 59.7 Å². The van der Waals surface area contributed by atoms with Gasteiger partial charge in [-0.05, 0) is 54.3 Å². The van der Waals surface area contributed by atoms with Gasteiger partial charge in [0.15, 0.2) is 0 Å². The highest BCUT2D eigenvalue weighted by atomic mass is 32.2. The zero-order valence-corrected chi connectivity index (χ0v) is 16.7. The first-order chi connectivity index (χ1) is 13.0. The molecule has 3 rings (SSSR count). The summed E-state index contributed by atoms with van der Waals surface area (Å²) in [6, 6.07) is 17.6. The number of likely N-dealkylation sites (tertiary alicyclic amines) is 1. The van der Waals surface area contributed by atoms with E-state index in [1.807, 2.05) is 42.5 Å². The van der Waals surface area contributed by atoms with Gasteiger partial charge in [0.2, 0.25) is 0 Å². The van der Waals surface area contributed by atoms with Gasteiger partial charge >= 0.3 is 0 Å². The molecule has 1 fully saturated rings. The van der Waals surface area contributed by atoms with E-state index in [0.29, 0.717) is 18.4 Å². The molecule has 0 aromatic heterocycles. The molecule has 27 heavy (non-hydrogen) atoms. The number of nitriles is 1. The van der Waals surface area contributed by atoms with E-state index in [1.165, 1.54) is 5.56 Å². The van der Waals surface area contributed by atoms with Crippen LogP contribution in [0, 0.1) is 23.2 Å². The summed E-state index contributed by atoms with van der Waals surface area (Å²) in [4.78, 5) is 3.31. The van der Waals surface area contributed by atoms with E-state index in [1.54, 1.807) is 6.26 Å². The summed E-state index contributed by atoms with van der Waals surface area (Å²) in [7, 11) is -0.954. The molecule has 4 nitrogen and oxygen atoms in total. The molecule has 1 aliphatic heterocycles. The number of hydrogen-bond donors (Lipinski definition) is 0. The van der Waals surface area contributed by atoms with Gasteiger partial charge in [-0.25, -0.2) is 0 Å². The van der Waals surface area contributed by atoms with Crippen LogP contribution in [0.4, 0.5) is 0 Å². The molecule has 2 aromatic carbocycles. The Morgan fingerprint density at radius 3 is 2.70 bits per heavy atom. The van der Waals surface area contributed by atoms with Crippen molar-refractivity contribution < 1.29 is 8.95 Å². The van der Waals surface area contributed by atoms with Crippen molar-refractivity contribution >= 4 is 10.8 Å². The molecule has 0 saturated carbocycles. The smallest absolute Gasteiger partial charge is 0.119 e. The first-order valence-corrected chi connectivity index (χ1v) is 10.9. The summed E-state index contributed by atoms with van der Waals surface area (Å²) in [6.07, 6.45) is 2.65. The lowest BCUT2D eigenvalue weighted by molar-refractivity contribution is 0.225. The molecular weight excluding hydrogens is 356 g/mol. The Labute approximate surface area is 164 Å². The normalized spacial score (nSPS) is 20.9. The highest BCUT2D eigenvalue weighted by molar-refractivity contribution is 7.84. The van der Waals surface area contributed by atoms with E-state index in [-0.39, 0.29) is 0 Å². The zero-order valence-electron chi connectivity index (χ0n) is 15.9. The van der Waals surface area contributed by atoms with Gasteiger partial charge in [-0.15, -0.1) is 0 Å². The van der Waals surface area contributed by atoms with Gasteiger partial charge in [-0.2, -0.15) is 5.26 Å². The van der Waals surface area contributed by atoms with Gasteiger partial charge in [0.05, 0.1) is 18.2 Å². The molecule has 0 spiro atoms. The predicted molar refractivity (Wildman–Crippen MR) is 108 cm³/mol. The minimum atomic E-state index is -0.954. The molecule has 0 amide bonds. The quantitative estimate of drug-likeness (QED) is 0.736. The van der Waals surface area contributed by atoms with Gasteiger partial charge in [-0.1, -0.05) is 19.1 Å². The molecule has 0 aliphatic carbocycles. The van der Waals surface area contributed by atoms with Crippen LogP contribution in [0.1, 0.15) is 18.1 Å². The predicted octanol–water partition coefficient (Wildman–Crippen LogP) is 3.49. The number of benzene rings is 2. The fourth-order valence-corrected chi connectivity index (χ4v) is 4.08. The molecule has 0 bridgehead atoms. The minimum absolute atomic E-state index is 0.510. The van der Waals surface area contributed by atoms with Gasteiger partial charge < -0.3 is 9.64 Å². The SMILES string of the molecule is C[C@@H]1CN(CCc2cccc(C#N)c2)C[C@H]1COc1ccc(S(C)=O)cc1. The van der Waals surface area contributed by atoms with E-state index >= 15 is 0 Å². The molecule has 142 valence electrons. The Bertz CT molecular complexity index is 829. The fraction of sp³-hybridized carbons (Fsp3) is 0.409. The Kier molecular flexibility index (Phi) is 6.65. The van der Waals surface area contributed by atoms with Gasteiger partial charge in [-0.3, -0.25) is 4.21 Å². The van der Waals surface area contributed by atoms with Crippen LogP contribution in [0.25, 0.3) is 0 Å². The summed E-state index contributed by atoms with van der Waals surface area (Å²) in [5.74, 6) is 1.94. The van der Waals surface area contributed by atoms with Gasteiger partial charge in [0.1, 0.15) is 5.75 Å². The molecule has 0 radical (unpaired) electrons. The molecule has 1 aliphatic rings. The summed E-state index contributed by atoms with van der Waals surface area (Å²) in [6.45, 7) is 6.12. The van der Waals surface area contributed by atoms with Crippen molar-refractivity contribution in [2.45, 2.75) is 18.2 Å². The lowest BCUT2D eigenvalue weighted by Gasteiger charge is -2.17. The molecule has 2 aromatic rings. The lowest BCUT2D eigenvalue weighted by atomic mass is 9.99. The van der Waals surface area contributed by atoms with Crippen LogP contribution >= 0.6 is 0 Å². The molecule has 3 atom stereocenters. The molecule has 1 heterocycles. The Balaban J connectivity index is 1.47. The monoisotopic (exact) mass is 382 g/mol. The molecule has 1 saturated heterocycles. The standard InChI is InChI=1S/C22H26N2O2S/c1-17-14-24(11-10-18-4-3-5-19(12-18)13-23)15-20(17)16-26-21-6-8-22(9-7-21)27(2)25/h3-9,12,17,20H,10-11,14-16H2,1-2H3/t17-,20+,27?/m1/s1. The van der Waals surface area contributed by atoms with Crippen molar-refractivity contribution in [3.63, 3.8) is 0 Å². The minimum Gasteiger partial charge on any atom is -0.493 e. The maximum Gasteiger partial charge on any atom is 0.119 e. The average molecular weight is 383 g/mol. The van der Waals surface area contributed by atoms with Crippen LogP contribution in [0.2, 0.25) is 0 Å². The summed E-state index contributed by atoms with van der Waals surface area (Å²) >= 11 is 0. The van der Waals surface area contributed by atoms with E-state index in [9.17, 15) is 4.21 Å². The van der Waals surface area contributed by atoms with Gasteiger partial charge in [0.25, 0.3) is 0 Å². The highest BCUT2D eigenvalue weighted by Gasteiger charge is 2.29. The molecule has 0 N–H and O–H groups in total. The third kappa shape index (κ3) is 5.41. The van der Waals surface area contributed by atoms with Crippen molar-refractivity contribution in [1.82, 2.24) is 4.90 Å². The average Bonchev–Trinajstić information content (AvgIpc) is 3.05. The number of nitrogens with zero attached hydrogens (tertiary/aromatic N) is 2. The van der Waals surface area contributed by atoms with Crippen LogP contribution in [0.5, 0.6) is 5.75 Å². The van der Waals surface area contributed by atoms with Crippen molar-refractivity contribution in [2.75, 3.05) is 32.5 Å². The Morgan fingerprint density at radius 2 is 2.00 bits per heavy atom. The fourth-order valence-electron chi connectivity index (χ4n) is 3.56. The maximum atomic E-state index is 11.5. The third-order valence-electron chi connectivity index (χ3n) is 5.24. The van der Waals surface area contributed by atoms with E-state index in [4.69, 9.17) is 10.00 Å². The second-order valence-electron chi connectivity index (χ2n) is 7.30. The first kappa shape index (κ1) is 19.6. The second kappa shape index (κ2) is 9.16. The van der Waals surface area contributed by atoms with Crippen LogP contribution < -0.4 is 4.74 Å². The van der Waals surface area contributed by atoms with Crippen LogP contribution in [0.15, 0.2) is 53.4 Å². The van der Waals surface area contributed by atoms with E-state index in [0.717, 1.165) is 42.3 Å². The van der Waals surface area contributed by atoms with Crippen molar-refractivity contribution in [2.24, 2.45) is 11.8 Å². The van der Waals surface area contributed by atoms with E-state index < -0.39 is 10.8 Å². The largest absolute Gasteiger partial charge is 0.493 e. The number of rotatable bonds is 7. The molecule has 1 unspecified atom stereocenters. The van der Waals surface area contributed by atoms with Crippen LogP contribution in [0.3, 0.4) is 0 Å². The highest BCUT2D eigenvalue weighted by Crippen LogP contribution is 2.25. The Morgan fingerprint density at radius 1 is 1.22 bits per heavy atom. The molecule has 5 heteroatoms. The second-order valence-corrected chi connectivity index (χ2v) is 8.68. The zero-order chi connectivity index (χ0) is 19.2. The first-order valence-electron chi connectivity index (χ1n) is 9.33. The van der Waals surface area contributed by atoms with Gasteiger partial charge in [0, 0.05) is 47.5 Å². The van der Waals surface area contributed by atoms with E-state index in [2.05, 4.69) is 24.0 Å². The van der Waals surface area contributed by atoms with Crippen LogP contribution in [-0.4, -0.2) is 41.6 Å². The summed E-state index contributed by atoms with van der Waals surface area (Å²) < 4.78 is 17.4. The molecular formula is C22H26N2O2S. The van der Waals surface area contributed by atoms with Crippen molar-refractivity contribution in [1.29, 1.82) is 5.26 Å². The number of hydrogen-bond acceptors (Lipinski definition) is 4. The summed E-state index contributed by atoms with van der Waals surface area (Å²) in [5, 5.41) is 9.02. The van der Waals surface area contributed by atoms with Crippen LogP contribution in [-0.2, 0) is 17.2 Å². The third-order valence-corrected chi connectivity index (χ3v) is 6.17. The Hall–Kier alpha value is -2.16. The topological polar surface area (TPSA) is 53.3 Å².